The molecule has 30 heavy (non-hydrogen) atoms. The van der Waals surface area contributed by atoms with Gasteiger partial charge in [-0.1, -0.05) is 29.4 Å². The summed E-state index contributed by atoms with van der Waals surface area (Å²) in [5.41, 5.74) is -0.107. The van der Waals surface area contributed by atoms with Crippen LogP contribution in [0.5, 0.6) is 11.5 Å². The van der Waals surface area contributed by atoms with Gasteiger partial charge in [0.2, 0.25) is 0 Å². The summed E-state index contributed by atoms with van der Waals surface area (Å²) < 4.78 is 11.0. The van der Waals surface area contributed by atoms with Crippen molar-refractivity contribution < 1.29 is 19.4 Å². The Labute approximate surface area is 186 Å². The lowest BCUT2D eigenvalue weighted by Gasteiger charge is -2.20. The van der Waals surface area contributed by atoms with E-state index in [1.165, 1.54) is 11.8 Å². The molecule has 0 unspecified atom stereocenters. The molecule has 0 radical (unpaired) electrons. The molecule has 0 saturated heterocycles. The van der Waals surface area contributed by atoms with Gasteiger partial charge in [0.15, 0.2) is 17.8 Å². The highest BCUT2D eigenvalue weighted by atomic mass is 35.5. The highest BCUT2D eigenvalue weighted by molar-refractivity contribution is 8.15. The summed E-state index contributed by atoms with van der Waals surface area (Å²) in [6.45, 7) is 3.49. The van der Waals surface area contributed by atoms with E-state index in [1.54, 1.807) is 51.6 Å². The standard InChI is InChI=1S/C22H25ClN2O4S/c1-22(2,27)15-29-19-9-8-17(13-20(19)28-4)25(3)11-10-24-21(14-26)30-18-7-5-6-16(23)12-18/h5-14,27H,15H2,1-4H3/b11-10-,24-21?. The van der Waals surface area contributed by atoms with Gasteiger partial charge in [-0.2, -0.15) is 0 Å². The van der Waals surface area contributed by atoms with Crippen molar-refractivity contribution in [3.8, 4) is 11.5 Å². The van der Waals surface area contributed by atoms with Crippen LogP contribution in [0.25, 0.3) is 0 Å². The topological polar surface area (TPSA) is 71.4 Å². The van der Waals surface area contributed by atoms with E-state index in [2.05, 4.69) is 4.99 Å². The minimum Gasteiger partial charge on any atom is -0.493 e. The lowest BCUT2D eigenvalue weighted by Crippen LogP contribution is -2.28. The molecule has 8 heteroatoms. The van der Waals surface area contributed by atoms with Crippen molar-refractivity contribution in [2.75, 3.05) is 25.7 Å². The van der Waals surface area contributed by atoms with Gasteiger partial charge in [0.05, 0.1) is 12.7 Å². The van der Waals surface area contributed by atoms with Crippen LogP contribution < -0.4 is 14.4 Å². The zero-order chi connectivity index (χ0) is 22.1. The van der Waals surface area contributed by atoms with E-state index in [0.29, 0.717) is 27.9 Å². The molecule has 0 spiro atoms. The maximum atomic E-state index is 11.3. The van der Waals surface area contributed by atoms with Gasteiger partial charge in [-0.3, -0.25) is 4.79 Å². The number of hydrogen-bond acceptors (Lipinski definition) is 7. The van der Waals surface area contributed by atoms with E-state index < -0.39 is 5.60 Å². The first-order valence-corrected chi connectivity index (χ1v) is 10.3. The van der Waals surface area contributed by atoms with Crippen LogP contribution in [0.3, 0.4) is 0 Å². The number of hydrogen-bond donors (Lipinski definition) is 1. The number of aliphatic hydroxyl groups is 1. The molecule has 0 fully saturated rings. The number of ether oxygens (including phenoxy) is 2. The Morgan fingerprint density at radius 2 is 2.03 bits per heavy atom. The maximum absolute atomic E-state index is 11.3. The van der Waals surface area contributed by atoms with Gasteiger partial charge in [0, 0.05) is 41.1 Å². The molecular formula is C22H25ClN2O4S. The molecule has 0 saturated carbocycles. The van der Waals surface area contributed by atoms with Crippen LogP contribution in [0.2, 0.25) is 5.02 Å². The Bertz CT molecular complexity index is 926. The van der Waals surface area contributed by atoms with Crippen molar-refractivity contribution in [1.29, 1.82) is 0 Å². The molecule has 2 aromatic rings. The molecule has 160 valence electrons. The number of carbonyl (C=O) groups excluding carboxylic acids is 1. The van der Waals surface area contributed by atoms with E-state index >= 15 is 0 Å². The number of anilines is 1. The van der Waals surface area contributed by atoms with Crippen LogP contribution in [0, 0.1) is 0 Å². The lowest BCUT2D eigenvalue weighted by molar-refractivity contribution is -0.102. The summed E-state index contributed by atoms with van der Waals surface area (Å²) in [6, 6.07) is 12.7. The van der Waals surface area contributed by atoms with Crippen molar-refractivity contribution >= 4 is 40.4 Å². The van der Waals surface area contributed by atoms with Crippen molar-refractivity contribution in [1.82, 2.24) is 0 Å². The highest BCUT2D eigenvalue weighted by Gasteiger charge is 2.15. The molecule has 6 nitrogen and oxygen atoms in total. The van der Waals surface area contributed by atoms with Crippen molar-refractivity contribution in [3.05, 3.63) is 59.9 Å². The third kappa shape index (κ3) is 7.74. The molecule has 0 aliphatic heterocycles. The molecule has 0 aliphatic carbocycles. The Kier molecular flexibility index (Phi) is 8.77. The molecular weight excluding hydrogens is 424 g/mol. The first kappa shape index (κ1) is 23.8. The van der Waals surface area contributed by atoms with Crippen molar-refractivity contribution in [2.24, 2.45) is 4.99 Å². The fourth-order valence-electron chi connectivity index (χ4n) is 2.27. The van der Waals surface area contributed by atoms with Crippen molar-refractivity contribution in [3.63, 3.8) is 0 Å². The Morgan fingerprint density at radius 3 is 2.67 bits per heavy atom. The monoisotopic (exact) mass is 448 g/mol. The minimum atomic E-state index is -0.944. The summed E-state index contributed by atoms with van der Waals surface area (Å²) in [5.74, 6) is 1.09. The Balaban J connectivity index is 2.08. The number of methoxy groups -OCH3 is 1. The molecule has 0 atom stereocenters. The van der Waals surface area contributed by atoms with Crippen LogP contribution in [0.1, 0.15) is 13.8 Å². The molecule has 0 aliphatic rings. The molecule has 0 aromatic heterocycles. The zero-order valence-corrected chi connectivity index (χ0v) is 18.9. The van der Waals surface area contributed by atoms with E-state index in [0.717, 1.165) is 10.6 Å². The summed E-state index contributed by atoms with van der Waals surface area (Å²) >= 11 is 7.21. The van der Waals surface area contributed by atoms with Gasteiger partial charge >= 0.3 is 0 Å². The number of halogens is 1. The SMILES string of the molecule is COc1cc(N(C)/C=C\N=C(C=O)Sc2cccc(Cl)c2)ccc1OCC(C)(C)O. The molecule has 2 aromatic carbocycles. The minimum absolute atomic E-state index is 0.145. The lowest BCUT2D eigenvalue weighted by atomic mass is 10.2. The largest absolute Gasteiger partial charge is 0.493 e. The van der Waals surface area contributed by atoms with E-state index in [4.69, 9.17) is 21.1 Å². The van der Waals surface area contributed by atoms with Gasteiger partial charge in [-0.15, -0.1) is 0 Å². The van der Waals surface area contributed by atoms with E-state index in [1.807, 2.05) is 36.2 Å². The van der Waals surface area contributed by atoms with E-state index in [9.17, 15) is 9.90 Å². The smallest absolute Gasteiger partial charge is 0.175 e. The molecule has 1 N–H and O–H groups in total. The third-order valence-corrected chi connectivity index (χ3v) is 4.88. The summed E-state index contributed by atoms with van der Waals surface area (Å²) in [4.78, 5) is 18.2. The van der Waals surface area contributed by atoms with Crippen LogP contribution in [-0.4, -0.2) is 42.8 Å². The summed E-state index contributed by atoms with van der Waals surface area (Å²) in [6.07, 6.45) is 3.98. The second-order valence-corrected chi connectivity index (χ2v) is 8.52. The van der Waals surface area contributed by atoms with Gasteiger partial charge in [-0.05, 0) is 44.2 Å². The summed E-state index contributed by atoms with van der Waals surface area (Å²) in [5, 5.41) is 10.7. The average Bonchev–Trinajstić information content (AvgIpc) is 2.70. The molecule has 0 amide bonds. The normalized spacial score (nSPS) is 12.1. The number of carbonyl (C=O) groups is 1. The zero-order valence-electron chi connectivity index (χ0n) is 17.3. The van der Waals surface area contributed by atoms with Crippen LogP contribution in [-0.2, 0) is 4.79 Å². The Morgan fingerprint density at radius 1 is 1.27 bits per heavy atom. The van der Waals surface area contributed by atoms with Gasteiger partial charge in [0.25, 0.3) is 0 Å². The highest BCUT2D eigenvalue weighted by Crippen LogP contribution is 2.32. The molecule has 0 bridgehead atoms. The number of rotatable bonds is 9. The average molecular weight is 449 g/mol. The predicted molar refractivity (Wildman–Crippen MR) is 123 cm³/mol. The third-order valence-electron chi connectivity index (χ3n) is 3.75. The number of nitrogens with zero attached hydrogens (tertiary/aromatic N) is 2. The van der Waals surface area contributed by atoms with Gasteiger partial charge in [0.1, 0.15) is 11.7 Å². The van der Waals surface area contributed by atoms with Gasteiger partial charge < -0.3 is 19.5 Å². The Hall–Kier alpha value is -2.48. The number of thioether (sulfide) groups is 1. The maximum Gasteiger partial charge on any atom is 0.175 e. The van der Waals surface area contributed by atoms with Gasteiger partial charge in [-0.25, -0.2) is 4.99 Å². The summed E-state index contributed by atoms with van der Waals surface area (Å²) in [7, 11) is 3.41. The quantitative estimate of drug-likeness (QED) is 0.257. The second-order valence-electron chi connectivity index (χ2n) is 6.99. The number of aliphatic imine (C=N–C) groups is 1. The first-order chi connectivity index (χ1) is 14.2. The first-order valence-electron chi connectivity index (χ1n) is 9.11. The van der Waals surface area contributed by atoms with Crippen LogP contribution in [0.15, 0.2) is 64.8 Å². The fourth-order valence-corrected chi connectivity index (χ4v) is 3.26. The number of aldehydes is 1. The molecule has 2 rings (SSSR count). The molecule has 0 heterocycles. The second kappa shape index (κ2) is 11.1. The van der Waals surface area contributed by atoms with Crippen LogP contribution in [0.4, 0.5) is 5.69 Å². The number of benzene rings is 2. The van der Waals surface area contributed by atoms with Crippen molar-refractivity contribution in [2.45, 2.75) is 24.3 Å². The fraction of sp³-hybridized carbons (Fsp3) is 0.273. The predicted octanol–water partition coefficient (Wildman–Crippen LogP) is 4.80. The van der Waals surface area contributed by atoms with E-state index in [-0.39, 0.29) is 6.61 Å². The van der Waals surface area contributed by atoms with Crippen LogP contribution >= 0.6 is 23.4 Å².